The summed E-state index contributed by atoms with van der Waals surface area (Å²) in [5.41, 5.74) is 2.33. The van der Waals surface area contributed by atoms with Crippen molar-refractivity contribution in [1.82, 2.24) is 4.98 Å². The number of nitrogens with zero attached hydrogens (tertiary/aromatic N) is 2. The van der Waals surface area contributed by atoms with Crippen molar-refractivity contribution in [2.24, 2.45) is 4.99 Å². The summed E-state index contributed by atoms with van der Waals surface area (Å²) in [7, 11) is -3.22. The molecule has 1 aromatic heterocycles. The molecule has 0 radical (unpaired) electrons. The predicted octanol–water partition coefficient (Wildman–Crippen LogP) is 4.03. The number of benzene rings is 1. The van der Waals surface area contributed by atoms with E-state index >= 15 is 0 Å². The summed E-state index contributed by atoms with van der Waals surface area (Å²) in [6.45, 7) is 3.63. The predicted molar refractivity (Wildman–Crippen MR) is 98.7 cm³/mol. The lowest BCUT2D eigenvalue weighted by molar-refractivity contribution is 0.602. The standard InChI is InChI=1S/C16H15ClN2O2S2/c1-18-15(12-6-9-14(17)19-10-12)16(22-2)11-4-7-13(8-5-11)23(3,20)21/h4-10H,1H2,2-3H3/b16-15-. The molecule has 0 bridgehead atoms. The molecule has 0 spiro atoms. The van der Waals surface area contributed by atoms with Crippen LogP contribution in [0.3, 0.4) is 0 Å². The lowest BCUT2D eigenvalue weighted by atomic mass is 10.1. The van der Waals surface area contributed by atoms with Gasteiger partial charge in [0.05, 0.1) is 10.6 Å². The zero-order valence-corrected chi connectivity index (χ0v) is 15.0. The molecule has 0 aliphatic heterocycles. The van der Waals surface area contributed by atoms with Gasteiger partial charge in [0.2, 0.25) is 0 Å². The Labute approximate surface area is 145 Å². The topological polar surface area (TPSA) is 59.4 Å². The molecule has 4 nitrogen and oxygen atoms in total. The van der Waals surface area contributed by atoms with E-state index in [-0.39, 0.29) is 4.90 Å². The smallest absolute Gasteiger partial charge is 0.175 e. The number of pyridine rings is 1. The molecule has 2 aromatic rings. The number of aliphatic imine (C=N–C) groups is 1. The van der Waals surface area contributed by atoms with Gasteiger partial charge in [0, 0.05) is 22.9 Å². The summed E-state index contributed by atoms with van der Waals surface area (Å²) in [4.78, 5) is 9.33. The molecular formula is C16H15ClN2O2S2. The highest BCUT2D eigenvalue weighted by molar-refractivity contribution is 8.07. The zero-order chi connectivity index (χ0) is 17.0. The molecule has 1 heterocycles. The third kappa shape index (κ3) is 4.22. The molecule has 0 saturated heterocycles. The van der Waals surface area contributed by atoms with Crippen LogP contribution in [0.15, 0.2) is 52.5 Å². The number of thioether (sulfide) groups is 1. The van der Waals surface area contributed by atoms with Crippen molar-refractivity contribution in [3.63, 3.8) is 0 Å². The minimum atomic E-state index is -3.22. The second-order valence-corrected chi connectivity index (χ2v) is 7.93. The van der Waals surface area contributed by atoms with Crippen molar-refractivity contribution in [2.45, 2.75) is 4.90 Å². The highest BCUT2D eigenvalue weighted by Gasteiger charge is 2.12. The average molecular weight is 367 g/mol. The lowest BCUT2D eigenvalue weighted by Crippen LogP contribution is -1.97. The molecule has 120 valence electrons. The first-order chi connectivity index (χ1) is 10.9. The van der Waals surface area contributed by atoms with E-state index in [1.807, 2.05) is 12.3 Å². The van der Waals surface area contributed by atoms with Crippen molar-refractivity contribution in [1.29, 1.82) is 0 Å². The van der Waals surface area contributed by atoms with Gasteiger partial charge in [-0.15, -0.1) is 11.8 Å². The van der Waals surface area contributed by atoms with Crippen LogP contribution in [0.5, 0.6) is 0 Å². The molecular weight excluding hydrogens is 352 g/mol. The van der Waals surface area contributed by atoms with Gasteiger partial charge in [0.15, 0.2) is 9.84 Å². The van der Waals surface area contributed by atoms with E-state index in [0.29, 0.717) is 10.9 Å². The van der Waals surface area contributed by atoms with Gasteiger partial charge in [-0.25, -0.2) is 13.4 Å². The third-order valence-electron chi connectivity index (χ3n) is 3.12. The van der Waals surface area contributed by atoms with E-state index in [0.717, 1.165) is 16.0 Å². The van der Waals surface area contributed by atoms with E-state index in [1.165, 1.54) is 18.0 Å². The lowest BCUT2D eigenvalue weighted by Gasteiger charge is -2.11. The zero-order valence-electron chi connectivity index (χ0n) is 12.7. The van der Waals surface area contributed by atoms with E-state index in [1.54, 1.807) is 36.5 Å². The molecule has 1 aromatic carbocycles. The molecule has 0 aliphatic rings. The Balaban J connectivity index is 2.55. The number of sulfone groups is 1. The second kappa shape index (κ2) is 7.29. The number of halogens is 1. The maximum absolute atomic E-state index is 11.6. The quantitative estimate of drug-likeness (QED) is 0.592. The molecule has 0 aliphatic carbocycles. The van der Waals surface area contributed by atoms with Gasteiger partial charge in [-0.1, -0.05) is 23.7 Å². The Morgan fingerprint density at radius 2 is 1.78 bits per heavy atom. The fourth-order valence-corrected chi connectivity index (χ4v) is 3.50. The Morgan fingerprint density at radius 3 is 2.22 bits per heavy atom. The van der Waals surface area contributed by atoms with Crippen LogP contribution in [-0.2, 0) is 9.84 Å². The van der Waals surface area contributed by atoms with Gasteiger partial charge in [0.25, 0.3) is 0 Å². The number of rotatable bonds is 5. The highest BCUT2D eigenvalue weighted by atomic mass is 35.5. The highest BCUT2D eigenvalue weighted by Crippen LogP contribution is 2.35. The van der Waals surface area contributed by atoms with Gasteiger partial charge < -0.3 is 0 Å². The van der Waals surface area contributed by atoms with Crippen LogP contribution in [0, 0.1) is 0 Å². The third-order valence-corrected chi connectivity index (χ3v) is 5.31. The maximum atomic E-state index is 11.6. The van der Waals surface area contributed by atoms with E-state index < -0.39 is 9.84 Å². The summed E-state index contributed by atoms with van der Waals surface area (Å²) in [5.74, 6) is 0. The fraction of sp³-hybridized carbons (Fsp3) is 0.125. The van der Waals surface area contributed by atoms with Crippen LogP contribution < -0.4 is 0 Å². The minimum absolute atomic E-state index is 0.281. The summed E-state index contributed by atoms with van der Waals surface area (Å²) < 4.78 is 23.1. The van der Waals surface area contributed by atoms with Crippen LogP contribution >= 0.6 is 23.4 Å². The van der Waals surface area contributed by atoms with Gasteiger partial charge in [-0.2, -0.15) is 0 Å². The molecule has 23 heavy (non-hydrogen) atoms. The molecule has 2 rings (SSSR count). The molecule has 0 amide bonds. The molecule has 0 N–H and O–H groups in total. The number of hydrogen-bond donors (Lipinski definition) is 0. The van der Waals surface area contributed by atoms with Crippen LogP contribution in [0.2, 0.25) is 5.15 Å². The summed E-state index contributed by atoms with van der Waals surface area (Å²) in [6, 6.07) is 10.2. The molecule has 0 fully saturated rings. The van der Waals surface area contributed by atoms with Crippen molar-refractivity contribution in [2.75, 3.05) is 12.5 Å². The maximum Gasteiger partial charge on any atom is 0.175 e. The van der Waals surface area contributed by atoms with Gasteiger partial charge in [0.1, 0.15) is 5.15 Å². The molecule has 7 heteroatoms. The van der Waals surface area contributed by atoms with Crippen LogP contribution in [0.4, 0.5) is 0 Å². The van der Waals surface area contributed by atoms with Crippen LogP contribution in [-0.4, -0.2) is 32.6 Å². The average Bonchev–Trinajstić information content (AvgIpc) is 2.53. The molecule has 0 atom stereocenters. The SMILES string of the molecule is C=N/C(=C(\SC)c1ccc(S(C)(=O)=O)cc1)c1ccc(Cl)nc1. The fourth-order valence-electron chi connectivity index (χ4n) is 2.01. The minimum Gasteiger partial charge on any atom is -0.263 e. The van der Waals surface area contributed by atoms with Crippen molar-refractivity contribution in [3.05, 3.63) is 58.9 Å². The summed E-state index contributed by atoms with van der Waals surface area (Å²) in [6.07, 6.45) is 4.74. The number of hydrogen-bond acceptors (Lipinski definition) is 5. The Bertz CT molecular complexity index is 843. The first kappa shape index (κ1) is 17.7. The number of aromatic nitrogens is 1. The largest absolute Gasteiger partial charge is 0.263 e. The first-order valence-electron chi connectivity index (χ1n) is 6.54. The van der Waals surface area contributed by atoms with Crippen LogP contribution in [0.25, 0.3) is 10.6 Å². The van der Waals surface area contributed by atoms with Gasteiger partial charge in [-0.05, 0) is 42.8 Å². The van der Waals surface area contributed by atoms with Crippen LogP contribution in [0.1, 0.15) is 11.1 Å². The molecule has 0 saturated carbocycles. The Hall–Kier alpha value is -1.63. The van der Waals surface area contributed by atoms with Crippen molar-refractivity contribution < 1.29 is 8.42 Å². The van der Waals surface area contributed by atoms with Gasteiger partial charge in [-0.3, -0.25) is 4.99 Å². The second-order valence-electron chi connectivity index (χ2n) is 4.71. The van der Waals surface area contributed by atoms with Crippen molar-refractivity contribution >= 4 is 50.5 Å². The molecule has 0 unspecified atom stereocenters. The summed E-state index contributed by atoms with van der Waals surface area (Å²) in [5, 5.41) is 0.403. The summed E-state index contributed by atoms with van der Waals surface area (Å²) >= 11 is 7.32. The van der Waals surface area contributed by atoms with E-state index in [4.69, 9.17) is 11.6 Å². The normalized spacial score (nSPS) is 12.7. The monoisotopic (exact) mass is 366 g/mol. The first-order valence-corrected chi connectivity index (χ1v) is 10.0. The van der Waals surface area contributed by atoms with E-state index in [2.05, 4.69) is 16.7 Å². The Morgan fingerprint density at radius 1 is 1.17 bits per heavy atom. The Kier molecular flexibility index (Phi) is 5.62. The van der Waals surface area contributed by atoms with E-state index in [9.17, 15) is 8.42 Å². The van der Waals surface area contributed by atoms with Gasteiger partial charge >= 0.3 is 0 Å². The van der Waals surface area contributed by atoms with Crippen molar-refractivity contribution in [3.8, 4) is 0 Å².